The van der Waals surface area contributed by atoms with Gasteiger partial charge in [0.05, 0.1) is 6.26 Å². The summed E-state index contributed by atoms with van der Waals surface area (Å²) in [4.78, 5) is 8.74. The molecule has 0 radical (unpaired) electrons. The molecule has 1 aromatic heterocycles. The molecule has 7 heteroatoms. The Morgan fingerprint density at radius 1 is 1.37 bits per heavy atom. The molecule has 1 rings (SSSR count). The highest BCUT2D eigenvalue weighted by Gasteiger charge is 2.10. The van der Waals surface area contributed by atoms with Crippen LogP contribution in [0.5, 0.6) is 0 Å². The van der Waals surface area contributed by atoms with E-state index >= 15 is 0 Å². The Kier molecular flexibility index (Phi) is 5.68. The lowest BCUT2D eigenvalue weighted by molar-refractivity contribution is 0.486. The number of rotatable bonds is 7. The van der Waals surface area contributed by atoms with E-state index in [9.17, 15) is 8.42 Å². The molecule has 108 valence electrons. The van der Waals surface area contributed by atoms with E-state index < -0.39 is 10.0 Å². The number of sulfonamides is 1. The van der Waals surface area contributed by atoms with E-state index in [1.807, 2.05) is 13.0 Å². The van der Waals surface area contributed by atoms with Crippen LogP contribution in [0.1, 0.15) is 24.9 Å². The molecule has 0 fully saturated rings. The number of nitrogens with zero attached hydrogens (tertiary/aromatic N) is 3. The summed E-state index contributed by atoms with van der Waals surface area (Å²) in [6.45, 7) is 4.94. The van der Waals surface area contributed by atoms with Crippen LogP contribution in [0.15, 0.2) is 6.07 Å². The van der Waals surface area contributed by atoms with Gasteiger partial charge in [0.1, 0.15) is 11.6 Å². The van der Waals surface area contributed by atoms with E-state index in [2.05, 4.69) is 22.2 Å². The lowest BCUT2D eigenvalue weighted by Gasteiger charge is -2.14. The Hall–Kier alpha value is -1.21. The second kappa shape index (κ2) is 6.81. The molecule has 1 heterocycles. The molecule has 0 aliphatic carbocycles. The minimum Gasteiger partial charge on any atom is -0.369 e. The van der Waals surface area contributed by atoms with Crippen LogP contribution in [0.4, 0.5) is 5.82 Å². The van der Waals surface area contributed by atoms with Gasteiger partial charge in [-0.15, -0.1) is 0 Å². The van der Waals surface area contributed by atoms with Crippen molar-refractivity contribution in [1.82, 2.24) is 14.3 Å². The van der Waals surface area contributed by atoms with Crippen LogP contribution in [0, 0.1) is 6.92 Å². The lowest BCUT2D eigenvalue weighted by atomic mass is 10.3. The minimum atomic E-state index is -3.12. The van der Waals surface area contributed by atoms with Gasteiger partial charge in [-0.3, -0.25) is 0 Å². The van der Waals surface area contributed by atoms with Gasteiger partial charge >= 0.3 is 0 Å². The van der Waals surface area contributed by atoms with Gasteiger partial charge in [-0.25, -0.2) is 22.7 Å². The van der Waals surface area contributed by atoms with E-state index in [-0.39, 0.29) is 0 Å². The van der Waals surface area contributed by atoms with Crippen molar-refractivity contribution in [2.75, 3.05) is 31.7 Å². The largest absolute Gasteiger partial charge is 0.369 e. The molecule has 6 nitrogen and oxygen atoms in total. The van der Waals surface area contributed by atoms with Crippen LogP contribution in [-0.2, 0) is 16.4 Å². The first-order valence-electron chi connectivity index (χ1n) is 6.32. The smallest absolute Gasteiger partial charge is 0.211 e. The highest BCUT2D eigenvalue weighted by Crippen LogP contribution is 2.07. The van der Waals surface area contributed by atoms with Crippen LogP contribution in [0.3, 0.4) is 0 Å². The molecule has 0 amide bonds. The van der Waals surface area contributed by atoms with E-state index in [0.717, 1.165) is 30.2 Å². The molecule has 0 atom stereocenters. The number of anilines is 1. The van der Waals surface area contributed by atoms with Gasteiger partial charge in [0.2, 0.25) is 10.0 Å². The maximum atomic E-state index is 11.2. The predicted octanol–water partition coefficient (Wildman–Crippen LogP) is 1.04. The molecule has 0 spiro atoms. The zero-order valence-electron chi connectivity index (χ0n) is 12.0. The fourth-order valence-electron chi connectivity index (χ4n) is 1.56. The highest BCUT2D eigenvalue weighted by atomic mass is 32.2. The standard InChI is InChI=1S/C12H22N4O2S/c1-5-6-11-14-10(2)9-12(15-11)13-7-8-16(3)19(4,17)18/h9H,5-8H2,1-4H3,(H,13,14,15). The van der Waals surface area contributed by atoms with Crippen molar-refractivity contribution >= 4 is 15.8 Å². The second-order valence-electron chi connectivity index (χ2n) is 4.57. The quantitative estimate of drug-likeness (QED) is 0.810. The zero-order chi connectivity index (χ0) is 14.5. The molecule has 0 saturated heterocycles. The number of aryl methyl sites for hydroxylation is 2. The highest BCUT2D eigenvalue weighted by molar-refractivity contribution is 7.88. The van der Waals surface area contributed by atoms with Crippen molar-refractivity contribution in [3.8, 4) is 0 Å². The van der Waals surface area contributed by atoms with Crippen LogP contribution < -0.4 is 5.32 Å². The maximum Gasteiger partial charge on any atom is 0.211 e. The van der Waals surface area contributed by atoms with Gasteiger partial charge in [0.25, 0.3) is 0 Å². The molecule has 0 aliphatic rings. The number of nitrogens with one attached hydrogen (secondary N) is 1. The maximum absolute atomic E-state index is 11.2. The van der Waals surface area contributed by atoms with Gasteiger partial charge in [-0.05, 0) is 13.3 Å². The molecule has 0 aliphatic heterocycles. The lowest BCUT2D eigenvalue weighted by Crippen LogP contribution is -2.30. The van der Waals surface area contributed by atoms with E-state index in [4.69, 9.17) is 0 Å². The topological polar surface area (TPSA) is 75.2 Å². The Balaban J connectivity index is 2.58. The van der Waals surface area contributed by atoms with Crippen molar-refractivity contribution in [3.63, 3.8) is 0 Å². The van der Waals surface area contributed by atoms with Crippen LogP contribution >= 0.6 is 0 Å². The summed E-state index contributed by atoms with van der Waals surface area (Å²) in [6, 6.07) is 1.86. The van der Waals surface area contributed by atoms with Crippen LogP contribution in [0.25, 0.3) is 0 Å². The molecule has 0 saturated carbocycles. The van der Waals surface area contributed by atoms with Gasteiger partial charge in [0.15, 0.2) is 0 Å². The van der Waals surface area contributed by atoms with Gasteiger partial charge in [-0.2, -0.15) is 0 Å². The third-order valence-electron chi connectivity index (χ3n) is 2.67. The molecule has 0 aromatic carbocycles. The van der Waals surface area contributed by atoms with Crippen molar-refractivity contribution in [1.29, 1.82) is 0 Å². The summed E-state index contributed by atoms with van der Waals surface area (Å²) < 4.78 is 23.8. The summed E-state index contributed by atoms with van der Waals surface area (Å²) >= 11 is 0. The molecule has 1 aromatic rings. The van der Waals surface area contributed by atoms with Crippen molar-refractivity contribution in [2.45, 2.75) is 26.7 Å². The predicted molar refractivity (Wildman–Crippen MR) is 76.7 cm³/mol. The monoisotopic (exact) mass is 286 g/mol. The van der Waals surface area contributed by atoms with E-state index in [0.29, 0.717) is 13.1 Å². The normalized spacial score (nSPS) is 11.8. The summed E-state index contributed by atoms with van der Waals surface area (Å²) in [5, 5.41) is 3.13. The third kappa shape index (κ3) is 5.52. The molecule has 19 heavy (non-hydrogen) atoms. The molecule has 0 bridgehead atoms. The summed E-state index contributed by atoms with van der Waals surface area (Å²) in [6.07, 6.45) is 3.04. The third-order valence-corrected chi connectivity index (χ3v) is 3.99. The average molecular weight is 286 g/mol. The zero-order valence-corrected chi connectivity index (χ0v) is 12.8. The van der Waals surface area contributed by atoms with Crippen molar-refractivity contribution in [3.05, 3.63) is 17.6 Å². The molecular formula is C12H22N4O2S. The summed E-state index contributed by atoms with van der Waals surface area (Å²) in [7, 11) is -1.56. The van der Waals surface area contributed by atoms with E-state index in [1.165, 1.54) is 10.6 Å². The van der Waals surface area contributed by atoms with Gasteiger partial charge < -0.3 is 5.32 Å². The fourth-order valence-corrected chi connectivity index (χ4v) is 1.99. The van der Waals surface area contributed by atoms with Crippen molar-refractivity contribution < 1.29 is 8.42 Å². The SMILES string of the molecule is CCCc1nc(C)cc(NCCN(C)S(C)(=O)=O)n1. The summed E-state index contributed by atoms with van der Waals surface area (Å²) in [5.74, 6) is 1.57. The van der Waals surface area contributed by atoms with Crippen LogP contribution in [0.2, 0.25) is 0 Å². The van der Waals surface area contributed by atoms with Gasteiger partial charge in [0, 0.05) is 38.3 Å². The van der Waals surface area contributed by atoms with Crippen LogP contribution in [-0.4, -0.2) is 49.1 Å². The molecule has 1 N–H and O–H groups in total. The van der Waals surface area contributed by atoms with Crippen molar-refractivity contribution in [2.24, 2.45) is 0 Å². The minimum absolute atomic E-state index is 0.408. The first-order chi connectivity index (χ1) is 8.82. The molecular weight excluding hydrogens is 264 g/mol. The first kappa shape index (κ1) is 15.8. The first-order valence-corrected chi connectivity index (χ1v) is 8.17. The summed E-state index contributed by atoms with van der Waals surface area (Å²) in [5.41, 5.74) is 0.914. The number of hydrogen-bond acceptors (Lipinski definition) is 5. The van der Waals surface area contributed by atoms with E-state index in [1.54, 1.807) is 7.05 Å². The number of aromatic nitrogens is 2. The average Bonchev–Trinajstić information content (AvgIpc) is 2.27. The van der Waals surface area contributed by atoms with Gasteiger partial charge in [-0.1, -0.05) is 6.92 Å². The number of likely N-dealkylation sites (N-methyl/N-ethyl adjacent to an activating group) is 1. The molecule has 0 unspecified atom stereocenters. The second-order valence-corrected chi connectivity index (χ2v) is 6.66. The Labute approximate surface area is 115 Å². The Morgan fingerprint density at radius 2 is 2.05 bits per heavy atom. The number of hydrogen-bond donors (Lipinski definition) is 1. The Morgan fingerprint density at radius 3 is 2.63 bits per heavy atom. The Bertz CT molecular complexity index is 516. The fraction of sp³-hybridized carbons (Fsp3) is 0.667.